The Hall–Kier alpha value is -7.92. The molecular weight excluding hydrogens is 1160 g/mol. The van der Waals surface area contributed by atoms with Gasteiger partial charge in [0.2, 0.25) is 35.4 Å². The summed E-state index contributed by atoms with van der Waals surface area (Å²) in [5, 5.41) is 30.6. The van der Waals surface area contributed by atoms with Crippen molar-refractivity contribution in [2.75, 3.05) is 27.2 Å². The van der Waals surface area contributed by atoms with Gasteiger partial charge in [0.15, 0.2) is 0 Å². The zero-order chi connectivity index (χ0) is 66.7. The standard InChI is InChI=1S/C67H98N14O10/c1-40(76(15)62(88)90-66(9,10)11)56(82)70-54(64(3,4)5)60(86)78-38-46(34-52(78)58(84)68-50-32-21-26-42-24-17-19-30-48(42)50)80-36-44(72-74-80)28-23-29-45-37-81(75-73-45)47-35-53(59(85)69-51-33-22-27-43-25-18-20-31-49(43)51)79(39-47)61(87)55(65(6,7)8)71-57(83)41(2)77(16)63(89)91-67(12,13)14/h17-20,24-25,30-31,36-37,40-41,46-47,50-55H,21-23,26-29,32-35,38-39H2,1-16H3,(H,68,84)(H,69,85)(H,70,82)(H,71,83)/t40-,41-,46-,47-,50+,51+,52-,53-,54+,55+/m0/s1. The molecule has 2 aliphatic carbocycles. The summed E-state index contributed by atoms with van der Waals surface area (Å²) >= 11 is 0. The van der Waals surface area contributed by atoms with Gasteiger partial charge >= 0.3 is 12.2 Å². The van der Waals surface area contributed by atoms with Crippen LogP contribution in [-0.4, -0.2) is 172 Å². The highest BCUT2D eigenvalue weighted by Gasteiger charge is 2.49. The van der Waals surface area contributed by atoms with E-state index in [1.165, 1.54) is 35.0 Å². The quantitative estimate of drug-likeness (QED) is 0.0762. The van der Waals surface area contributed by atoms with Crippen LogP contribution < -0.4 is 21.3 Å². The fourth-order valence-electron chi connectivity index (χ4n) is 12.5. The van der Waals surface area contributed by atoms with Crippen molar-refractivity contribution < 1.29 is 47.8 Å². The highest BCUT2D eigenvalue weighted by atomic mass is 16.6. The average molecular weight is 1260 g/mol. The van der Waals surface area contributed by atoms with Gasteiger partial charge in [-0.15, -0.1) is 10.2 Å². The number of likely N-dealkylation sites (N-methyl/N-ethyl adjacent to an activating group) is 2. The molecule has 2 aliphatic heterocycles. The smallest absolute Gasteiger partial charge is 0.410 e. The fraction of sp³-hybridized carbons (Fsp3) is 0.642. The maximum absolute atomic E-state index is 15.1. The zero-order valence-corrected chi connectivity index (χ0v) is 56.3. The van der Waals surface area contributed by atoms with Gasteiger partial charge in [0, 0.05) is 52.4 Å². The molecule has 2 aromatic carbocycles. The molecule has 496 valence electrons. The van der Waals surface area contributed by atoms with Gasteiger partial charge in [-0.1, -0.05) is 101 Å². The number of likely N-dealkylation sites (tertiary alicyclic amines) is 2. The third-order valence-electron chi connectivity index (χ3n) is 17.9. The van der Waals surface area contributed by atoms with E-state index in [0.717, 1.165) is 49.7 Å². The molecule has 0 unspecified atom stereocenters. The topological polar surface area (TPSA) is 278 Å². The van der Waals surface area contributed by atoms with Crippen LogP contribution in [0.2, 0.25) is 0 Å². The minimum Gasteiger partial charge on any atom is -0.444 e. The minimum absolute atomic E-state index is 0.110. The number of carbonyl (C=O) groups is 8. The molecular formula is C67H98N14O10. The first-order valence-corrected chi connectivity index (χ1v) is 32.3. The Bertz CT molecular complexity index is 3080. The normalized spacial score (nSPS) is 21.5. The number of amides is 8. The first-order valence-electron chi connectivity index (χ1n) is 32.3. The average Bonchev–Trinajstić information content (AvgIpc) is 1.72. The summed E-state index contributed by atoms with van der Waals surface area (Å²) in [5.41, 5.74) is 2.62. The van der Waals surface area contributed by atoms with Crippen LogP contribution in [-0.2, 0) is 63.9 Å². The van der Waals surface area contributed by atoms with Gasteiger partial charge in [-0.3, -0.25) is 38.6 Å². The number of nitrogens with one attached hydrogen (secondary N) is 4. The monoisotopic (exact) mass is 1260 g/mol. The second-order valence-corrected chi connectivity index (χ2v) is 29.5. The molecule has 8 amide bonds. The fourth-order valence-corrected chi connectivity index (χ4v) is 12.5. The third kappa shape index (κ3) is 17.0. The molecule has 91 heavy (non-hydrogen) atoms. The number of nitrogens with zero attached hydrogens (tertiary/aromatic N) is 10. The van der Waals surface area contributed by atoms with Crippen LogP contribution in [0.5, 0.6) is 0 Å². The molecule has 4 aliphatic rings. The Labute approximate surface area is 536 Å². The predicted octanol–water partition coefficient (Wildman–Crippen LogP) is 7.29. The lowest BCUT2D eigenvalue weighted by atomic mass is 9.85. The molecule has 4 aromatic rings. The molecule has 2 aromatic heterocycles. The van der Waals surface area contributed by atoms with Gasteiger partial charge in [0.05, 0.1) is 35.6 Å². The van der Waals surface area contributed by atoms with E-state index in [9.17, 15) is 28.8 Å². The van der Waals surface area contributed by atoms with Gasteiger partial charge in [-0.05, 0) is 146 Å². The van der Waals surface area contributed by atoms with E-state index < -0.39 is 106 Å². The molecule has 0 radical (unpaired) electrons. The minimum atomic E-state index is -1.08. The lowest BCUT2D eigenvalue weighted by molar-refractivity contribution is -0.144. The SMILES string of the molecule is C[C@@H](C(=O)N[C@H](C(=O)N1C[C@@H](n2cc(CCCc3cn([C@H]4C[C@@H](C(=O)N[C@@H]5CCCc6ccccc65)N(C(=O)[C@@H](NC(=O)[C@H](C)N(C)C(=O)OC(C)(C)C)C(C)(C)C)C4)nn3)nn2)C[C@H]1C(=O)N[C@@H]1CCCc2ccccc21)C(C)(C)C)N(C)C(=O)OC(C)(C)C. The Balaban J connectivity index is 0.964. The number of hydrogen-bond acceptors (Lipinski definition) is 14. The second-order valence-electron chi connectivity index (χ2n) is 29.5. The van der Waals surface area contributed by atoms with Gasteiger partial charge in [-0.25, -0.2) is 19.0 Å². The van der Waals surface area contributed by atoms with Crippen molar-refractivity contribution in [2.24, 2.45) is 10.8 Å². The van der Waals surface area contributed by atoms with E-state index in [1.54, 1.807) is 74.6 Å². The summed E-state index contributed by atoms with van der Waals surface area (Å²) in [5.74, 6) is -2.61. The van der Waals surface area contributed by atoms with Crippen LogP contribution in [0.3, 0.4) is 0 Å². The first-order chi connectivity index (χ1) is 42.6. The van der Waals surface area contributed by atoms with Crippen molar-refractivity contribution in [3.8, 4) is 0 Å². The van der Waals surface area contributed by atoms with Gasteiger partial charge in [-0.2, -0.15) is 0 Å². The third-order valence-corrected chi connectivity index (χ3v) is 17.9. The van der Waals surface area contributed by atoms with Crippen molar-refractivity contribution in [1.82, 2.24) is 70.9 Å². The van der Waals surface area contributed by atoms with E-state index in [2.05, 4.69) is 54.0 Å². The van der Waals surface area contributed by atoms with E-state index in [4.69, 9.17) is 9.47 Å². The number of carbonyl (C=O) groups excluding carboxylic acids is 8. The maximum Gasteiger partial charge on any atom is 0.410 e. The number of benzene rings is 2. The Kier molecular flexibility index (Phi) is 21.1. The summed E-state index contributed by atoms with van der Waals surface area (Å²) in [6.07, 6.45) is 9.50. The maximum atomic E-state index is 15.1. The Morgan fingerprint density at radius 2 is 0.923 bits per heavy atom. The summed E-state index contributed by atoms with van der Waals surface area (Å²) < 4.78 is 14.5. The summed E-state index contributed by atoms with van der Waals surface area (Å²) in [4.78, 5) is 119. The van der Waals surface area contributed by atoms with Crippen LogP contribution >= 0.6 is 0 Å². The van der Waals surface area contributed by atoms with Gasteiger partial charge in [0.1, 0.15) is 47.5 Å². The number of aryl methyl sites for hydroxylation is 4. The molecule has 8 rings (SSSR count). The highest BCUT2D eigenvalue weighted by molar-refractivity contribution is 5.96. The number of rotatable bonds is 18. The molecule has 24 heteroatoms. The van der Waals surface area contributed by atoms with Crippen molar-refractivity contribution >= 4 is 47.6 Å². The summed E-state index contributed by atoms with van der Waals surface area (Å²) in [6, 6.07) is 8.80. The van der Waals surface area contributed by atoms with Crippen LogP contribution in [0.25, 0.3) is 0 Å². The molecule has 10 atom stereocenters. The van der Waals surface area contributed by atoms with Crippen molar-refractivity contribution in [3.05, 3.63) is 94.6 Å². The zero-order valence-electron chi connectivity index (χ0n) is 56.3. The lowest BCUT2D eigenvalue weighted by Crippen LogP contribution is -2.60. The molecule has 0 saturated carbocycles. The predicted molar refractivity (Wildman–Crippen MR) is 341 cm³/mol. The summed E-state index contributed by atoms with van der Waals surface area (Å²) in [6.45, 7) is 24.8. The Morgan fingerprint density at radius 3 is 1.27 bits per heavy atom. The van der Waals surface area contributed by atoms with Crippen molar-refractivity contribution in [2.45, 2.75) is 239 Å². The van der Waals surface area contributed by atoms with E-state index in [-0.39, 0.29) is 49.8 Å². The lowest BCUT2D eigenvalue weighted by Gasteiger charge is -2.37. The highest BCUT2D eigenvalue weighted by Crippen LogP contribution is 2.37. The first kappa shape index (κ1) is 69.0. The largest absolute Gasteiger partial charge is 0.444 e. The Morgan fingerprint density at radius 1 is 0.560 bits per heavy atom. The van der Waals surface area contributed by atoms with Crippen LogP contribution in [0, 0.1) is 10.8 Å². The van der Waals surface area contributed by atoms with Gasteiger partial charge in [0.25, 0.3) is 0 Å². The van der Waals surface area contributed by atoms with E-state index >= 15 is 9.59 Å². The van der Waals surface area contributed by atoms with Gasteiger partial charge < -0.3 is 40.5 Å². The van der Waals surface area contributed by atoms with E-state index in [1.807, 2.05) is 90.3 Å². The number of hydrogen-bond donors (Lipinski definition) is 4. The van der Waals surface area contributed by atoms with Crippen LogP contribution in [0.15, 0.2) is 60.9 Å². The molecule has 24 nitrogen and oxygen atoms in total. The number of fused-ring (bicyclic) bond motifs is 2. The molecule has 4 heterocycles. The van der Waals surface area contributed by atoms with Crippen molar-refractivity contribution in [1.29, 1.82) is 0 Å². The van der Waals surface area contributed by atoms with Crippen LogP contribution in [0.4, 0.5) is 9.59 Å². The van der Waals surface area contributed by atoms with Crippen molar-refractivity contribution in [3.63, 3.8) is 0 Å². The molecule has 0 spiro atoms. The number of aromatic nitrogens is 6. The molecule has 0 bridgehead atoms. The molecule has 4 N–H and O–H groups in total. The summed E-state index contributed by atoms with van der Waals surface area (Å²) in [7, 11) is 2.94. The molecule has 2 fully saturated rings. The number of ether oxygens (including phenoxy) is 2. The van der Waals surface area contributed by atoms with Crippen LogP contribution in [0.1, 0.15) is 200 Å². The second kappa shape index (κ2) is 27.9. The molecule has 2 saturated heterocycles. The van der Waals surface area contributed by atoms with E-state index in [0.29, 0.717) is 30.7 Å².